The molecule has 0 aliphatic carbocycles. The molecule has 1 N–H and O–H groups in total. The first-order valence-corrected chi connectivity index (χ1v) is 9.83. The molecular weight excluding hydrogens is 330 g/mol. The molecule has 0 aliphatic heterocycles. The summed E-state index contributed by atoms with van der Waals surface area (Å²) < 4.78 is 26.7. The number of nitrogens with one attached hydrogen (secondary N) is 1. The van der Waals surface area contributed by atoms with E-state index in [0.717, 1.165) is 24.3 Å². The largest absolute Gasteiger partial charge is 0.350 e. The fourth-order valence-corrected chi connectivity index (χ4v) is 4.17. The van der Waals surface area contributed by atoms with Crippen LogP contribution in [0.5, 0.6) is 0 Å². The molecule has 0 aromatic heterocycles. The van der Waals surface area contributed by atoms with Crippen LogP contribution in [-0.4, -0.2) is 48.9 Å². The average Bonchev–Trinajstić information content (AvgIpc) is 2.51. The minimum atomic E-state index is -3.47. The molecule has 23 heavy (non-hydrogen) atoms. The number of sulfonamides is 1. The van der Waals surface area contributed by atoms with Gasteiger partial charge in [0.15, 0.2) is 5.11 Å². The van der Waals surface area contributed by atoms with Crippen LogP contribution in [0.1, 0.15) is 33.3 Å². The van der Waals surface area contributed by atoms with E-state index in [2.05, 4.69) is 5.32 Å². The summed E-state index contributed by atoms with van der Waals surface area (Å²) in [5.41, 5.74) is 1.69. The third-order valence-electron chi connectivity index (χ3n) is 3.84. The van der Waals surface area contributed by atoms with E-state index in [1.54, 1.807) is 12.1 Å². The second-order valence-corrected chi connectivity index (χ2v) is 7.49. The Kier molecular flexibility index (Phi) is 7.44. The van der Waals surface area contributed by atoms with Crippen LogP contribution in [0.15, 0.2) is 23.1 Å². The van der Waals surface area contributed by atoms with E-state index in [1.807, 2.05) is 45.6 Å². The first kappa shape index (κ1) is 19.9. The summed E-state index contributed by atoms with van der Waals surface area (Å²) in [6, 6.07) is 5.12. The van der Waals surface area contributed by atoms with Crippen molar-refractivity contribution < 1.29 is 8.42 Å². The lowest BCUT2D eigenvalue weighted by Crippen LogP contribution is -2.34. The van der Waals surface area contributed by atoms with E-state index >= 15 is 0 Å². The van der Waals surface area contributed by atoms with Gasteiger partial charge in [-0.2, -0.15) is 4.31 Å². The van der Waals surface area contributed by atoms with Gasteiger partial charge in [0.2, 0.25) is 10.0 Å². The standard InChI is InChI=1S/C16H27N3O2S2/c1-6-18(7-2)16(22)17-15-12-14(11-10-13(15)5)23(20,21)19(8-3)9-4/h10-12H,6-9H2,1-5H3,(H,17,22). The lowest BCUT2D eigenvalue weighted by Gasteiger charge is -2.24. The molecule has 0 bridgehead atoms. The molecule has 7 heteroatoms. The fourth-order valence-electron chi connectivity index (χ4n) is 2.31. The lowest BCUT2D eigenvalue weighted by atomic mass is 10.2. The number of rotatable bonds is 7. The van der Waals surface area contributed by atoms with E-state index in [9.17, 15) is 8.42 Å². The summed E-state index contributed by atoms with van der Waals surface area (Å²) in [5, 5.41) is 3.78. The Labute approximate surface area is 145 Å². The smallest absolute Gasteiger partial charge is 0.243 e. The van der Waals surface area contributed by atoms with Crippen LogP contribution in [0, 0.1) is 6.92 Å². The molecule has 0 saturated carbocycles. The maximum Gasteiger partial charge on any atom is 0.243 e. The molecule has 0 radical (unpaired) electrons. The molecule has 1 aromatic carbocycles. The Morgan fingerprint density at radius 3 is 2.13 bits per heavy atom. The van der Waals surface area contributed by atoms with Crippen LogP contribution in [0.25, 0.3) is 0 Å². The average molecular weight is 358 g/mol. The normalized spacial score (nSPS) is 11.6. The Bertz CT molecular complexity index is 637. The van der Waals surface area contributed by atoms with Gasteiger partial charge in [0.05, 0.1) is 4.90 Å². The Hall–Kier alpha value is -1.18. The van der Waals surface area contributed by atoms with Crippen molar-refractivity contribution in [3.63, 3.8) is 0 Å². The topological polar surface area (TPSA) is 52.7 Å². The van der Waals surface area contributed by atoms with Crippen molar-refractivity contribution in [2.24, 2.45) is 0 Å². The fraction of sp³-hybridized carbons (Fsp3) is 0.562. The highest BCUT2D eigenvalue weighted by atomic mass is 32.2. The van der Waals surface area contributed by atoms with Gasteiger partial charge in [0.25, 0.3) is 0 Å². The third-order valence-corrected chi connectivity index (χ3v) is 6.25. The molecule has 0 unspecified atom stereocenters. The van der Waals surface area contributed by atoms with Crippen molar-refractivity contribution in [3.05, 3.63) is 23.8 Å². The predicted octanol–water partition coefficient (Wildman–Crippen LogP) is 3.06. The van der Waals surface area contributed by atoms with Gasteiger partial charge in [-0.15, -0.1) is 0 Å². The molecule has 0 aliphatic rings. The summed E-state index contributed by atoms with van der Waals surface area (Å²) in [6.45, 7) is 12.2. The molecule has 0 amide bonds. The van der Waals surface area contributed by atoms with Crippen molar-refractivity contribution in [1.29, 1.82) is 0 Å². The van der Waals surface area contributed by atoms with Crippen molar-refractivity contribution >= 4 is 33.0 Å². The van der Waals surface area contributed by atoms with Crippen LogP contribution < -0.4 is 5.32 Å². The molecule has 1 aromatic rings. The van der Waals surface area contributed by atoms with Crippen molar-refractivity contribution in [1.82, 2.24) is 9.21 Å². The number of hydrogen-bond donors (Lipinski definition) is 1. The highest BCUT2D eigenvalue weighted by Crippen LogP contribution is 2.23. The van der Waals surface area contributed by atoms with Crippen LogP contribution >= 0.6 is 12.2 Å². The zero-order valence-electron chi connectivity index (χ0n) is 14.6. The van der Waals surface area contributed by atoms with Crippen LogP contribution in [0.2, 0.25) is 0 Å². The van der Waals surface area contributed by atoms with Crippen molar-refractivity contribution in [2.75, 3.05) is 31.5 Å². The number of anilines is 1. The zero-order chi connectivity index (χ0) is 17.6. The molecule has 0 spiro atoms. The first-order valence-electron chi connectivity index (χ1n) is 7.98. The Balaban J connectivity index is 3.16. The summed E-state index contributed by atoms with van der Waals surface area (Å²) in [4.78, 5) is 2.30. The molecule has 0 atom stereocenters. The first-order chi connectivity index (χ1) is 10.8. The highest BCUT2D eigenvalue weighted by Gasteiger charge is 2.22. The molecule has 1 rings (SSSR count). The lowest BCUT2D eigenvalue weighted by molar-refractivity contribution is 0.445. The van der Waals surface area contributed by atoms with Crippen LogP contribution in [0.3, 0.4) is 0 Å². The minimum absolute atomic E-state index is 0.289. The van der Waals surface area contributed by atoms with Crippen LogP contribution in [-0.2, 0) is 10.0 Å². The van der Waals surface area contributed by atoms with Crippen molar-refractivity contribution in [2.45, 2.75) is 39.5 Å². The van der Waals surface area contributed by atoms with Gasteiger partial charge in [0.1, 0.15) is 0 Å². The maximum atomic E-state index is 12.6. The van der Waals surface area contributed by atoms with E-state index in [1.165, 1.54) is 4.31 Å². The SMILES string of the molecule is CCN(CC)C(=S)Nc1cc(S(=O)(=O)N(CC)CC)ccc1C. The van der Waals surface area contributed by atoms with Gasteiger partial charge < -0.3 is 10.2 Å². The zero-order valence-corrected chi connectivity index (χ0v) is 16.2. The predicted molar refractivity (Wildman–Crippen MR) is 100 cm³/mol. The van der Waals surface area contributed by atoms with Gasteiger partial charge >= 0.3 is 0 Å². The van der Waals surface area contributed by atoms with Crippen LogP contribution in [0.4, 0.5) is 5.69 Å². The highest BCUT2D eigenvalue weighted by molar-refractivity contribution is 7.89. The van der Waals surface area contributed by atoms with E-state index in [4.69, 9.17) is 12.2 Å². The molecule has 130 valence electrons. The molecule has 0 heterocycles. The van der Waals surface area contributed by atoms with Gasteiger partial charge in [-0.3, -0.25) is 0 Å². The second kappa shape index (κ2) is 8.61. The number of hydrogen-bond acceptors (Lipinski definition) is 3. The third kappa shape index (κ3) is 4.65. The number of aryl methyl sites for hydroxylation is 1. The molecular formula is C16H27N3O2S2. The van der Waals surface area contributed by atoms with E-state index < -0.39 is 10.0 Å². The number of benzene rings is 1. The quantitative estimate of drug-likeness (QED) is 0.760. The molecule has 0 fully saturated rings. The maximum absolute atomic E-state index is 12.6. The van der Waals surface area contributed by atoms with Crippen molar-refractivity contribution in [3.8, 4) is 0 Å². The van der Waals surface area contributed by atoms with Gasteiger partial charge in [-0.05, 0) is 50.7 Å². The monoisotopic (exact) mass is 357 g/mol. The number of nitrogens with zero attached hydrogens (tertiary/aromatic N) is 2. The van der Waals surface area contributed by atoms with Gasteiger partial charge in [-0.1, -0.05) is 19.9 Å². The van der Waals surface area contributed by atoms with Gasteiger partial charge in [-0.25, -0.2) is 8.42 Å². The Morgan fingerprint density at radius 2 is 1.65 bits per heavy atom. The van der Waals surface area contributed by atoms with E-state index in [-0.39, 0.29) is 4.90 Å². The Morgan fingerprint density at radius 1 is 1.09 bits per heavy atom. The van der Waals surface area contributed by atoms with Gasteiger partial charge in [0, 0.05) is 31.9 Å². The number of thiocarbonyl (C=S) groups is 1. The van der Waals surface area contributed by atoms with E-state index in [0.29, 0.717) is 18.2 Å². The summed E-state index contributed by atoms with van der Waals surface area (Å²) in [6.07, 6.45) is 0. The summed E-state index contributed by atoms with van der Waals surface area (Å²) in [5.74, 6) is 0. The molecule has 5 nitrogen and oxygen atoms in total. The second-order valence-electron chi connectivity index (χ2n) is 5.17. The summed E-state index contributed by atoms with van der Waals surface area (Å²) in [7, 11) is -3.47. The molecule has 0 saturated heterocycles. The minimum Gasteiger partial charge on any atom is -0.350 e. The summed E-state index contributed by atoms with van der Waals surface area (Å²) >= 11 is 5.40.